The van der Waals surface area contributed by atoms with Crippen LogP contribution < -0.4 is 10.6 Å². The van der Waals surface area contributed by atoms with E-state index >= 15 is 0 Å². The number of carbonyl (C=O) groups is 1. The number of anilines is 1. The summed E-state index contributed by atoms with van der Waals surface area (Å²) in [6.45, 7) is 1.10. The zero-order valence-corrected chi connectivity index (χ0v) is 10.2. The van der Waals surface area contributed by atoms with E-state index in [2.05, 4.69) is 10.6 Å². The Morgan fingerprint density at radius 3 is 2.82 bits per heavy atom. The molecule has 0 aliphatic carbocycles. The minimum absolute atomic E-state index is 0.184. The summed E-state index contributed by atoms with van der Waals surface area (Å²) in [5, 5.41) is 15.1. The van der Waals surface area contributed by atoms with Crippen molar-refractivity contribution in [1.29, 1.82) is 0 Å². The molecule has 0 bridgehead atoms. The fourth-order valence-corrected chi connectivity index (χ4v) is 1.42. The molecule has 0 aliphatic rings. The van der Waals surface area contributed by atoms with E-state index in [1.807, 2.05) is 0 Å². The first-order valence-electron chi connectivity index (χ1n) is 5.01. The van der Waals surface area contributed by atoms with E-state index < -0.39 is 5.97 Å². The first-order chi connectivity index (χ1) is 8.15. The van der Waals surface area contributed by atoms with Gasteiger partial charge in [0.05, 0.1) is 17.9 Å². The number of aromatic carboxylic acids is 1. The first-order valence-corrected chi connectivity index (χ1v) is 5.42. The number of carboxylic acid groups (broad SMARTS) is 1. The van der Waals surface area contributed by atoms with Crippen LogP contribution in [0, 0.1) is 0 Å². The standard InChI is InChI=1S/C11H14N2O3S/c1-16-7-6-12-11(17)13-9-5-3-2-4-8(9)10(14)15/h2-5H,6-7H2,1H3,(H,14,15)(H2,12,13,17). The SMILES string of the molecule is COCCNC(=S)Nc1ccccc1C(=O)O. The number of carboxylic acids is 1. The number of thiocarbonyl (C=S) groups is 1. The number of hydrogen-bond donors (Lipinski definition) is 3. The van der Waals surface area contributed by atoms with Crippen LogP contribution in [0.15, 0.2) is 24.3 Å². The van der Waals surface area contributed by atoms with Gasteiger partial charge in [-0.3, -0.25) is 0 Å². The van der Waals surface area contributed by atoms with Crippen molar-refractivity contribution in [2.45, 2.75) is 0 Å². The van der Waals surface area contributed by atoms with Gasteiger partial charge in [-0.2, -0.15) is 0 Å². The molecular weight excluding hydrogens is 240 g/mol. The number of nitrogens with one attached hydrogen (secondary N) is 2. The molecule has 0 fully saturated rings. The number of ether oxygens (including phenoxy) is 1. The summed E-state index contributed by atoms with van der Waals surface area (Å²) in [5.74, 6) is -0.993. The first kappa shape index (κ1) is 13.4. The average molecular weight is 254 g/mol. The maximum atomic E-state index is 10.9. The van der Waals surface area contributed by atoms with Crippen molar-refractivity contribution in [3.05, 3.63) is 29.8 Å². The summed E-state index contributed by atoms with van der Waals surface area (Å²) >= 11 is 5.02. The number of rotatable bonds is 5. The normalized spacial score (nSPS) is 9.71. The van der Waals surface area contributed by atoms with Gasteiger partial charge in [-0.05, 0) is 24.4 Å². The molecule has 0 aliphatic heterocycles. The van der Waals surface area contributed by atoms with Gasteiger partial charge >= 0.3 is 5.97 Å². The number of methoxy groups -OCH3 is 1. The summed E-state index contributed by atoms with van der Waals surface area (Å²) in [6.07, 6.45) is 0. The van der Waals surface area contributed by atoms with E-state index in [1.165, 1.54) is 6.07 Å². The van der Waals surface area contributed by atoms with Gasteiger partial charge in [0, 0.05) is 13.7 Å². The fraction of sp³-hybridized carbons (Fsp3) is 0.273. The van der Waals surface area contributed by atoms with Crippen LogP contribution in [0.2, 0.25) is 0 Å². The molecule has 0 amide bonds. The predicted octanol–water partition coefficient (Wildman–Crippen LogP) is 1.32. The molecule has 1 aromatic rings. The molecular formula is C11H14N2O3S. The van der Waals surface area contributed by atoms with E-state index in [0.29, 0.717) is 24.0 Å². The van der Waals surface area contributed by atoms with Crippen LogP contribution >= 0.6 is 12.2 Å². The Kier molecular flexibility index (Phi) is 5.38. The highest BCUT2D eigenvalue weighted by Gasteiger charge is 2.09. The monoisotopic (exact) mass is 254 g/mol. The predicted molar refractivity (Wildman–Crippen MR) is 69.5 cm³/mol. The van der Waals surface area contributed by atoms with Crippen molar-refractivity contribution in [3.63, 3.8) is 0 Å². The molecule has 3 N–H and O–H groups in total. The molecule has 0 saturated heterocycles. The lowest BCUT2D eigenvalue weighted by atomic mass is 10.2. The third kappa shape index (κ3) is 4.38. The molecule has 92 valence electrons. The van der Waals surface area contributed by atoms with Crippen LogP contribution in [-0.4, -0.2) is 36.4 Å². The van der Waals surface area contributed by atoms with Gasteiger partial charge in [0.15, 0.2) is 5.11 Å². The topological polar surface area (TPSA) is 70.6 Å². The van der Waals surface area contributed by atoms with Gasteiger partial charge in [0.2, 0.25) is 0 Å². The van der Waals surface area contributed by atoms with Crippen molar-refractivity contribution in [1.82, 2.24) is 5.32 Å². The summed E-state index contributed by atoms with van der Waals surface area (Å²) in [4.78, 5) is 10.9. The fourth-order valence-electron chi connectivity index (χ4n) is 1.21. The highest BCUT2D eigenvalue weighted by atomic mass is 32.1. The number of hydrogen-bond acceptors (Lipinski definition) is 3. The van der Waals surface area contributed by atoms with E-state index in [-0.39, 0.29) is 5.56 Å². The molecule has 1 rings (SSSR count). The Morgan fingerprint density at radius 1 is 1.47 bits per heavy atom. The van der Waals surface area contributed by atoms with Crippen LogP contribution in [0.25, 0.3) is 0 Å². The van der Waals surface area contributed by atoms with E-state index in [9.17, 15) is 4.79 Å². The smallest absolute Gasteiger partial charge is 0.337 e. The molecule has 0 saturated carbocycles. The molecule has 0 atom stereocenters. The summed E-state index contributed by atoms with van der Waals surface area (Å²) in [7, 11) is 1.60. The van der Waals surface area contributed by atoms with Crippen molar-refractivity contribution in [2.75, 3.05) is 25.6 Å². The highest BCUT2D eigenvalue weighted by Crippen LogP contribution is 2.14. The Morgan fingerprint density at radius 2 is 2.18 bits per heavy atom. The van der Waals surface area contributed by atoms with Gasteiger partial charge in [0.1, 0.15) is 0 Å². The van der Waals surface area contributed by atoms with E-state index in [1.54, 1.807) is 25.3 Å². The van der Waals surface area contributed by atoms with Gasteiger partial charge in [-0.15, -0.1) is 0 Å². The number of para-hydroxylation sites is 1. The second-order valence-corrected chi connectivity index (χ2v) is 3.63. The van der Waals surface area contributed by atoms with Gasteiger partial charge in [-0.25, -0.2) is 4.79 Å². The van der Waals surface area contributed by atoms with Gasteiger partial charge in [0.25, 0.3) is 0 Å². The third-order valence-electron chi connectivity index (χ3n) is 2.00. The minimum atomic E-state index is -0.993. The van der Waals surface area contributed by atoms with Crippen molar-refractivity contribution < 1.29 is 14.6 Å². The lowest BCUT2D eigenvalue weighted by Gasteiger charge is -2.11. The molecule has 5 nitrogen and oxygen atoms in total. The minimum Gasteiger partial charge on any atom is -0.478 e. The lowest BCUT2D eigenvalue weighted by molar-refractivity contribution is 0.0698. The van der Waals surface area contributed by atoms with Crippen molar-refractivity contribution >= 4 is 29.0 Å². The molecule has 6 heteroatoms. The molecule has 1 aromatic carbocycles. The molecule has 0 unspecified atom stereocenters. The average Bonchev–Trinajstić information content (AvgIpc) is 2.29. The van der Waals surface area contributed by atoms with Crippen LogP contribution in [0.5, 0.6) is 0 Å². The highest BCUT2D eigenvalue weighted by molar-refractivity contribution is 7.80. The zero-order chi connectivity index (χ0) is 12.7. The van der Waals surface area contributed by atoms with E-state index in [0.717, 1.165) is 0 Å². The Labute approximate surface area is 105 Å². The summed E-state index contributed by atoms with van der Waals surface area (Å²) in [5.41, 5.74) is 0.651. The van der Waals surface area contributed by atoms with Crippen LogP contribution in [-0.2, 0) is 4.74 Å². The molecule has 0 radical (unpaired) electrons. The maximum Gasteiger partial charge on any atom is 0.337 e. The summed E-state index contributed by atoms with van der Waals surface area (Å²) in [6, 6.07) is 6.58. The van der Waals surface area contributed by atoms with Crippen LogP contribution in [0.3, 0.4) is 0 Å². The molecule has 0 spiro atoms. The van der Waals surface area contributed by atoms with Crippen molar-refractivity contribution in [3.8, 4) is 0 Å². The molecule has 0 heterocycles. The Balaban J connectivity index is 2.61. The Bertz CT molecular complexity index is 409. The molecule has 17 heavy (non-hydrogen) atoms. The lowest BCUT2D eigenvalue weighted by Crippen LogP contribution is -2.31. The Hall–Kier alpha value is -1.66. The van der Waals surface area contributed by atoms with Crippen LogP contribution in [0.1, 0.15) is 10.4 Å². The van der Waals surface area contributed by atoms with Crippen molar-refractivity contribution in [2.24, 2.45) is 0 Å². The summed E-state index contributed by atoms with van der Waals surface area (Å²) < 4.78 is 4.86. The third-order valence-corrected chi connectivity index (χ3v) is 2.24. The van der Waals surface area contributed by atoms with Crippen LogP contribution in [0.4, 0.5) is 5.69 Å². The zero-order valence-electron chi connectivity index (χ0n) is 9.40. The second-order valence-electron chi connectivity index (χ2n) is 3.22. The van der Waals surface area contributed by atoms with E-state index in [4.69, 9.17) is 22.1 Å². The van der Waals surface area contributed by atoms with Gasteiger partial charge < -0.3 is 20.5 Å². The number of benzene rings is 1. The second kappa shape index (κ2) is 6.82. The molecule has 0 aromatic heterocycles. The maximum absolute atomic E-state index is 10.9. The van der Waals surface area contributed by atoms with Gasteiger partial charge in [-0.1, -0.05) is 12.1 Å². The quantitative estimate of drug-likeness (QED) is 0.544. The largest absolute Gasteiger partial charge is 0.478 e.